The van der Waals surface area contributed by atoms with Gasteiger partial charge in [-0.05, 0) is 35.9 Å². The van der Waals surface area contributed by atoms with Gasteiger partial charge in [-0.15, -0.1) is 0 Å². The van der Waals surface area contributed by atoms with Crippen molar-refractivity contribution >= 4 is 28.9 Å². The van der Waals surface area contributed by atoms with Crippen LogP contribution in [0.2, 0.25) is 10.0 Å². The highest BCUT2D eigenvalue weighted by molar-refractivity contribution is 6.31. The Labute approximate surface area is 120 Å². The fraction of sp³-hybridized carbons (Fsp3) is 0.143. The number of hydrogen-bond donors (Lipinski definition) is 2. The minimum atomic E-state index is -0.424. The molecule has 2 aromatic rings. The van der Waals surface area contributed by atoms with Crippen LogP contribution in [-0.2, 0) is 0 Å². The van der Waals surface area contributed by atoms with Crippen molar-refractivity contribution in [3.8, 4) is 0 Å². The van der Waals surface area contributed by atoms with Crippen molar-refractivity contribution in [1.82, 2.24) is 0 Å². The Hall–Kier alpha value is -1.29. The van der Waals surface area contributed by atoms with Crippen molar-refractivity contribution in [2.45, 2.75) is 6.04 Å². The molecular weight excluding hydrogens is 288 g/mol. The smallest absolute Gasteiger partial charge is 0.124 e. The molecule has 0 fully saturated rings. The van der Waals surface area contributed by atoms with Gasteiger partial charge >= 0.3 is 0 Å². The molecule has 0 aliphatic heterocycles. The molecular formula is C14H12Cl2FNO. The summed E-state index contributed by atoms with van der Waals surface area (Å²) in [6.45, 7) is -0.169. The highest BCUT2D eigenvalue weighted by atomic mass is 35.5. The number of hydrogen-bond acceptors (Lipinski definition) is 2. The van der Waals surface area contributed by atoms with Crippen molar-refractivity contribution in [2.24, 2.45) is 0 Å². The second kappa shape index (κ2) is 6.24. The van der Waals surface area contributed by atoms with Gasteiger partial charge in [0.2, 0.25) is 0 Å². The summed E-state index contributed by atoms with van der Waals surface area (Å²) >= 11 is 11.9. The lowest BCUT2D eigenvalue weighted by Crippen LogP contribution is -2.15. The van der Waals surface area contributed by atoms with Crippen LogP contribution in [0, 0.1) is 5.82 Å². The molecule has 2 N–H and O–H groups in total. The minimum Gasteiger partial charge on any atom is -0.394 e. The van der Waals surface area contributed by atoms with Crippen LogP contribution in [0.1, 0.15) is 11.6 Å². The van der Waals surface area contributed by atoms with Gasteiger partial charge < -0.3 is 10.4 Å². The summed E-state index contributed by atoms with van der Waals surface area (Å²) in [7, 11) is 0. The molecule has 0 amide bonds. The first kappa shape index (κ1) is 14.1. The van der Waals surface area contributed by atoms with E-state index in [2.05, 4.69) is 5.32 Å². The molecule has 0 radical (unpaired) electrons. The molecule has 5 heteroatoms. The fourth-order valence-corrected chi connectivity index (χ4v) is 2.27. The van der Waals surface area contributed by atoms with E-state index in [4.69, 9.17) is 23.2 Å². The van der Waals surface area contributed by atoms with E-state index in [1.54, 1.807) is 24.3 Å². The summed E-state index contributed by atoms with van der Waals surface area (Å²) < 4.78 is 13.0. The molecule has 1 atom stereocenters. The van der Waals surface area contributed by atoms with Gasteiger partial charge in [-0.1, -0.05) is 35.3 Å². The third kappa shape index (κ3) is 3.60. The maximum atomic E-state index is 13.0. The zero-order valence-electron chi connectivity index (χ0n) is 9.91. The lowest BCUT2D eigenvalue weighted by molar-refractivity contribution is 0.276. The van der Waals surface area contributed by atoms with E-state index >= 15 is 0 Å². The monoisotopic (exact) mass is 299 g/mol. The van der Waals surface area contributed by atoms with Gasteiger partial charge in [0.15, 0.2) is 0 Å². The molecule has 0 aromatic heterocycles. The molecule has 100 valence electrons. The molecule has 1 unspecified atom stereocenters. The SMILES string of the molecule is OCC(Nc1cccc(Cl)c1)c1ccc(F)cc1Cl. The van der Waals surface area contributed by atoms with Crippen molar-refractivity contribution in [3.05, 3.63) is 63.9 Å². The molecule has 0 bridgehead atoms. The Kier molecular flexibility index (Phi) is 4.64. The second-order valence-electron chi connectivity index (χ2n) is 4.06. The maximum Gasteiger partial charge on any atom is 0.124 e. The average Bonchev–Trinajstić information content (AvgIpc) is 2.37. The summed E-state index contributed by atoms with van der Waals surface area (Å²) in [6, 6.07) is 10.8. The maximum absolute atomic E-state index is 13.0. The molecule has 2 nitrogen and oxygen atoms in total. The van der Waals surface area contributed by atoms with Crippen LogP contribution in [0.4, 0.5) is 10.1 Å². The number of benzene rings is 2. The van der Waals surface area contributed by atoms with E-state index in [1.165, 1.54) is 12.1 Å². The second-order valence-corrected chi connectivity index (χ2v) is 4.90. The minimum absolute atomic E-state index is 0.169. The summed E-state index contributed by atoms with van der Waals surface area (Å²) in [4.78, 5) is 0. The van der Waals surface area contributed by atoms with E-state index < -0.39 is 11.9 Å². The number of aliphatic hydroxyl groups is 1. The lowest BCUT2D eigenvalue weighted by Gasteiger charge is -2.19. The van der Waals surface area contributed by atoms with Crippen LogP contribution in [0.3, 0.4) is 0 Å². The summed E-state index contributed by atoms with van der Waals surface area (Å²) in [6.07, 6.45) is 0. The highest BCUT2D eigenvalue weighted by Gasteiger charge is 2.14. The summed E-state index contributed by atoms with van der Waals surface area (Å²) in [5.74, 6) is -0.409. The Morgan fingerprint density at radius 1 is 1.16 bits per heavy atom. The zero-order valence-corrected chi connectivity index (χ0v) is 11.4. The van der Waals surface area contributed by atoms with E-state index in [1.807, 2.05) is 6.07 Å². The molecule has 2 rings (SSSR count). The summed E-state index contributed by atoms with van der Waals surface area (Å²) in [5.41, 5.74) is 1.39. The predicted molar refractivity (Wildman–Crippen MR) is 76.3 cm³/mol. The largest absolute Gasteiger partial charge is 0.394 e. The van der Waals surface area contributed by atoms with Crippen molar-refractivity contribution in [2.75, 3.05) is 11.9 Å². The van der Waals surface area contributed by atoms with E-state index in [0.29, 0.717) is 10.6 Å². The Morgan fingerprint density at radius 2 is 1.95 bits per heavy atom. The van der Waals surface area contributed by atoms with Crippen LogP contribution in [-0.4, -0.2) is 11.7 Å². The third-order valence-electron chi connectivity index (χ3n) is 2.69. The molecule has 0 spiro atoms. The molecule has 0 aliphatic rings. The average molecular weight is 300 g/mol. The number of aliphatic hydroxyl groups excluding tert-OH is 1. The highest BCUT2D eigenvalue weighted by Crippen LogP contribution is 2.27. The number of nitrogens with one attached hydrogen (secondary N) is 1. The van der Waals surface area contributed by atoms with E-state index in [-0.39, 0.29) is 11.6 Å². The molecule has 19 heavy (non-hydrogen) atoms. The van der Waals surface area contributed by atoms with Gasteiger partial charge in [0, 0.05) is 15.7 Å². The number of rotatable bonds is 4. The quantitative estimate of drug-likeness (QED) is 0.883. The molecule has 0 heterocycles. The molecule has 0 saturated carbocycles. The van der Waals surface area contributed by atoms with E-state index in [0.717, 1.165) is 5.69 Å². The third-order valence-corrected chi connectivity index (χ3v) is 3.25. The van der Waals surface area contributed by atoms with E-state index in [9.17, 15) is 9.50 Å². The first-order valence-electron chi connectivity index (χ1n) is 5.68. The van der Waals surface area contributed by atoms with Gasteiger partial charge in [0.25, 0.3) is 0 Å². The first-order valence-corrected chi connectivity index (χ1v) is 6.43. The standard InChI is InChI=1S/C14H12Cl2FNO/c15-9-2-1-3-11(6-9)18-14(8-19)12-5-4-10(17)7-13(12)16/h1-7,14,18-19H,8H2. The van der Waals surface area contributed by atoms with Crippen LogP contribution in [0.5, 0.6) is 0 Å². The Morgan fingerprint density at radius 3 is 2.58 bits per heavy atom. The zero-order chi connectivity index (χ0) is 13.8. The van der Waals surface area contributed by atoms with Crippen LogP contribution in [0.15, 0.2) is 42.5 Å². The van der Waals surface area contributed by atoms with Crippen LogP contribution < -0.4 is 5.32 Å². The first-order chi connectivity index (χ1) is 9.10. The van der Waals surface area contributed by atoms with Crippen molar-refractivity contribution in [1.29, 1.82) is 0 Å². The van der Waals surface area contributed by atoms with Crippen molar-refractivity contribution < 1.29 is 9.50 Å². The topological polar surface area (TPSA) is 32.3 Å². The van der Waals surface area contributed by atoms with Gasteiger partial charge in [-0.2, -0.15) is 0 Å². The van der Waals surface area contributed by atoms with Gasteiger partial charge in [0.1, 0.15) is 5.82 Å². The lowest BCUT2D eigenvalue weighted by atomic mass is 10.1. The normalized spacial score (nSPS) is 12.2. The van der Waals surface area contributed by atoms with Gasteiger partial charge in [-0.25, -0.2) is 4.39 Å². The van der Waals surface area contributed by atoms with Gasteiger partial charge in [0.05, 0.1) is 12.6 Å². The predicted octanol–water partition coefficient (Wildman–Crippen LogP) is 4.28. The van der Waals surface area contributed by atoms with Crippen LogP contribution in [0.25, 0.3) is 0 Å². The van der Waals surface area contributed by atoms with Crippen LogP contribution >= 0.6 is 23.2 Å². The molecule has 2 aromatic carbocycles. The fourth-order valence-electron chi connectivity index (χ4n) is 1.79. The Bertz CT molecular complexity index is 577. The number of halogens is 3. The van der Waals surface area contributed by atoms with Gasteiger partial charge in [-0.3, -0.25) is 0 Å². The summed E-state index contributed by atoms with van der Waals surface area (Å²) in [5, 5.41) is 13.4. The Balaban J connectivity index is 2.25. The molecule has 0 saturated heterocycles. The van der Waals surface area contributed by atoms with Crippen molar-refractivity contribution in [3.63, 3.8) is 0 Å². The number of anilines is 1. The molecule has 0 aliphatic carbocycles.